The second-order valence-electron chi connectivity index (χ2n) is 5.39. The molecule has 110 valence electrons. The van der Waals surface area contributed by atoms with Gasteiger partial charge in [0.15, 0.2) is 0 Å². The zero-order valence-electron chi connectivity index (χ0n) is 11.1. The molecule has 6 heteroatoms. The Hall–Kier alpha value is -0.810. The molecule has 0 aliphatic carbocycles. The first-order valence-corrected chi connectivity index (χ1v) is 7.17. The number of piperidine rings is 1. The van der Waals surface area contributed by atoms with Crippen LogP contribution in [0.3, 0.4) is 0 Å². The standard InChI is InChI=1S/C14H17Cl2NO3/c1-14(20)4-5-17(8-12(14)18)13(19)7-9-2-3-10(15)11(16)6-9/h2-3,6,12,18,20H,4-5,7-8H2,1H3/t12-,14-/m0/s1. The summed E-state index contributed by atoms with van der Waals surface area (Å²) >= 11 is 11.7. The van der Waals surface area contributed by atoms with Crippen LogP contribution in [0.25, 0.3) is 0 Å². The van der Waals surface area contributed by atoms with Gasteiger partial charge in [0.1, 0.15) is 0 Å². The van der Waals surface area contributed by atoms with Gasteiger partial charge in [-0.2, -0.15) is 0 Å². The van der Waals surface area contributed by atoms with Gasteiger partial charge >= 0.3 is 0 Å². The molecule has 4 nitrogen and oxygen atoms in total. The van der Waals surface area contributed by atoms with Crippen molar-refractivity contribution in [3.05, 3.63) is 33.8 Å². The Morgan fingerprint density at radius 2 is 2.15 bits per heavy atom. The van der Waals surface area contributed by atoms with Gasteiger partial charge in [-0.05, 0) is 31.0 Å². The molecule has 0 bridgehead atoms. The monoisotopic (exact) mass is 317 g/mol. The molecule has 0 aromatic heterocycles. The molecule has 1 heterocycles. The molecule has 2 N–H and O–H groups in total. The summed E-state index contributed by atoms with van der Waals surface area (Å²) in [7, 11) is 0. The van der Waals surface area contributed by atoms with Gasteiger partial charge in [-0.15, -0.1) is 0 Å². The molecule has 2 rings (SSSR count). The molecule has 0 saturated carbocycles. The summed E-state index contributed by atoms with van der Waals surface area (Å²) in [5, 5.41) is 20.6. The van der Waals surface area contributed by atoms with Gasteiger partial charge in [0, 0.05) is 13.1 Å². The number of carbonyl (C=O) groups excluding carboxylic acids is 1. The number of aliphatic hydroxyl groups excluding tert-OH is 1. The van der Waals surface area contributed by atoms with E-state index in [1.165, 1.54) is 0 Å². The van der Waals surface area contributed by atoms with Crippen molar-refractivity contribution in [3.8, 4) is 0 Å². The summed E-state index contributed by atoms with van der Waals surface area (Å²) in [6.45, 7) is 2.16. The van der Waals surface area contributed by atoms with Crippen molar-refractivity contribution in [1.29, 1.82) is 0 Å². The van der Waals surface area contributed by atoms with Gasteiger partial charge in [-0.25, -0.2) is 0 Å². The third-order valence-electron chi connectivity index (χ3n) is 3.69. The fraction of sp³-hybridized carbons (Fsp3) is 0.500. The van der Waals surface area contributed by atoms with E-state index in [9.17, 15) is 15.0 Å². The number of β-amino-alcohol motifs (C(OH)–C–C–N with tert-alkyl or cyclic N) is 1. The fourth-order valence-corrected chi connectivity index (χ4v) is 2.51. The highest BCUT2D eigenvalue weighted by Gasteiger charge is 2.37. The number of halogens is 2. The molecule has 1 amide bonds. The van der Waals surface area contributed by atoms with E-state index in [2.05, 4.69) is 0 Å². The zero-order valence-corrected chi connectivity index (χ0v) is 12.7. The van der Waals surface area contributed by atoms with Crippen LogP contribution in [0, 0.1) is 0 Å². The van der Waals surface area contributed by atoms with Crippen molar-refractivity contribution in [2.24, 2.45) is 0 Å². The molecule has 1 aliphatic heterocycles. The fourth-order valence-electron chi connectivity index (χ4n) is 2.19. The molecule has 0 unspecified atom stereocenters. The Labute approximate surface area is 127 Å². The maximum Gasteiger partial charge on any atom is 0.227 e. The van der Waals surface area contributed by atoms with Crippen LogP contribution in [0.5, 0.6) is 0 Å². The summed E-state index contributed by atoms with van der Waals surface area (Å²) in [5.41, 5.74) is -0.350. The first-order valence-electron chi connectivity index (χ1n) is 6.42. The summed E-state index contributed by atoms with van der Waals surface area (Å²) in [5.74, 6) is -0.0991. The van der Waals surface area contributed by atoms with Crippen molar-refractivity contribution in [3.63, 3.8) is 0 Å². The minimum Gasteiger partial charge on any atom is -0.388 e. The number of rotatable bonds is 2. The molecule has 1 aromatic carbocycles. The second-order valence-corrected chi connectivity index (χ2v) is 6.20. The van der Waals surface area contributed by atoms with Gasteiger partial charge in [0.2, 0.25) is 5.91 Å². The maximum atomic E-state index is 12.2. The third-order valence-corrected chi connectivity index (χ3v) is 4.43. The molecule has 1 fully saturated rings. The van der Waals surface area contributed by atoms with E-state index in [1.807, 2.05) is 0 Å². The van der Waals surface area contributed by atoms with E-state index in [4.69, 9.17) is 23.2 Å². The molecule has 2 atom stereocenters. The van der Waals surface area contributed by atoms with Crippen LogP contribution in [0.2, 0.25) is 10.0 Å². The number of hydrogen-bond donors (Lipinski definition) is 2. The number of benzene rings is 1. The highest BCUT2D eigenvalue weighted by atomic mass is 35.5. The average Bonchev–Trinajstić information content (AvgIpc) is 2.37. The van der Waals surface area contributed by atoms with Crippen LogP contribution in [0.15, 0.2) is 18.2 Å². The Morgan fingerprint density at radius 3 is 2.75 bits per heavy atom. The minimum atomic E-state index is -1.12. The summed E-state index contributed by atoms with van der Waals surface area (Å²) < 4.78 is 0. The van der Waals surface area contributed by atoms with Crippen LogP contribution >= 0.6 is 23.2 Å². The topological polar surface area (TPSA) is 60.8 Å². The van der Waals surface area contributed by atoms with Crippen LogP contribution in [-0.4, -0.2) is 45.8 Å². The van der Waals surface area contributed by atoms with Crippen molar-refractivity contribution in [2.75, 3.05) is 13.1 Å². The smallest absolute Gasteiger partial charge is 0.227 e. The van der Waals surface area contributed by atoms with Crippen LogP contribution in [-0.2, 0) is 11.2 Å². The lowest BCUT2D eigenvalue weighted by molar-refractivity contribution is -0.145. The van der Waals surface area contributed by atoms with E-state index in [0.29, 0.717) is 23.0 Å². The molecular formula is C14H17Cl2NO3. The molecule has 1 aromatic rings. The number of likely N-dealkylation sites (tertiary alicyclic amines) is 1. The molecule has 1 aliphatic rings. The largest absolute Gasteiger partial charge is 0.388 e. The highest BCUT2D eigenvalue weighted by Crippen LogP contribution is 2.25. The third kappa shape index (κ3) is 3.44. The Bertz CT molecular complexity index is 519. The van der Waals surface area contributed by atoms with E-state index in [1.54, 1.807) is 30.0 Å². The summed E-state index contributed by atoms with van der Waals surface area (Å²) in [4.78, 5) is 13.7. The number of aliphatic hydroxyl groups is 2. The Morgan fingerprint density at radius 1 is 1.45 bits per heavy atom. The van der Waals surface area contributed by atoms with Crippen LogP contribution in [0.1, 0.15) is 18.9 Å². The lowest BCUT2D eigenvalue weighted by atomic mass is 9.90. The SMILES string of the molecule is C[C@]1(O)CCN(C(=O)Cc2ccc(Cl)c(Cl)c2)C[C@@H]1O. The van der Waals surface area contributed by atoms with E-state index in [-0.39, 0.29) is 18.9 Å². The van der Waals surface area contributed by atoms with Gasteiger partial charge in [0.05, 0.1) is 28.2 Å². The second kappa shape index (κ2) is 5.90. The Kier molecular flexibility index (Phi) is 4.59. The summed E-state index contributed by atoms with van der Waals surface area (Å²) in [6, 6.07) is 5.07. The Balaban J connectivity index is 2.00. The quantitative estimate of drug-likeness (QED) is 0.875. The van der Waals surface area contributed by atoms with Crippen molar-refractivity contribution in [1.82, 2.24) is 4.90 Å². The van der Waals surface area contributed by atoms with Crippen molar-refractivity contribution < 1.29 is 15.0 Å². The zero-order chi connectivity index (χ0) is 14.9. The minimum absolute atomic E-state index is 0.0991. The number of nitrogens with zero attached hydrogens (tertiary/aromatic N) is 1. The van der Waals surface area contributed by atoms with Gasteiger partial charge < -0.3 is 15.1 Å². The first-order chi connectivity index (χ1) is 9.29. The average molecular weight is 318 g/mol. The molecule has 0 radical (unpaired) electrons. The van der Waals surface area contributed by atoms with Gasteiger partial charge in [-0.3, -0.25) is 4.79 Å². The van der Waals surface area contributed by atoms with Gasteiger partial charge in [-0.1, -0.05) is 29.3 Å². The lowest BCUT2D eigenvalue weighted by Gasteiger charge is -2.40. The maximum absolute atomic E-state index is 12.2. The number of hydrogen-bond acceptors (Lipinski definition) is 3. The van der Waals surface area contributed by atoms with Crippen molar-refractivity contribution >= 4 is 29.1 Å². The van der Waals surface area contributed by atoms with Gasteiger partial charge in [0.25, 0.3) is 0 Å². The summed E-state index contributed by atoms with van der Waals surface area (Å²) in [6.07, 6.45) is -0.360. The van der Waals surface area contributed by atoms with E-state index in [0.717, 1.165) is 5.56 Å². The van der Waals surface area contributed by atoms with Crippen molar-refractivity contribution in [2.45, 2.75) is 31.5 Å². The predicted molar refractivity (Wildman–Crippen MR) is 78.0 cm³/mol. The lowest BCUT2D eigenvalue weighted by Crippen LogP contribution is -2.55. The molecular weight excluding hydrogens is 301 g/mol. The molecule has 1 saturated heterocycles. The number of amides is 1. The highest BCUT2D eigenvalue weighted by molar-refractivity contribution is 6.42. The van der Waals surface area contributed by atoms with Crippen LogP contribution in [0.4, 0.5) is 0 Å². The molecule has 20 heavy (non-hydrogen) atoms. The molecule has 0 spiro atoms. The number of carbonyl (C=O) groups is 1. The van der Waals surface area contributed by atoms with E-state index >= 15 is 0 Å². The van der Waals surface area contributed by atoms with Crippen LogP contribution < -0.4 is 0 Å². The normalized spacial score (nSPS) is 26.6. The first kappa shape index (κ1) is 15.6. The van der Waals surface area contributed by atoms with E-state index < -0.39 is 11.7 Å². The predicted octanol–water partition coefficient (Wildman–Crippen LogP) is 1.88.